The third-order valence-electron chi connectivity index (χ3n) is 4.88. The molecule has 0 saturated carbocycles. The van der Waals surface area contributed by atoms with Crippen LogP contribution >= 0.6 is 0 Å². The van der Waals surface area contributed by atoms with E-state index in [1.54, 1.807) is 74.5 Å². The zero-order chi connectivity index (χ0) is 23.1. The van der Waals surface area contributed by atoms with Crippen LogP contribution in [0.2, 0.25) is 0 Å². The second kappa shape index (κ2) is 10.2. The van der Waals surface area contributed by atoms with Crippen molar-refractivity contribution < 1.29 is 18.0 Å². The highest BCUT2D eigenvalue weighted by atomic mass is 32.2. The minimum atomic E-state index is -3.66. The van der Waals surface area contributed by atoms with Gasteiger partial charge in [-0.25, -0.2) is 8.42 Å². The fourth-order valence-corrected chi connectivity index (χ4v) is 4.65. The quantitative estimate of drug-likeness (QED) is 0.536. The maximum absolute atomic E-state index is 12.7. The lowest BCUT2D eigenvalue weighted by molar-refractivity contribution is 0.101. The number of amides is 2. The standard InChI is InChI=1S/C24H25N3O4S/c1-3-27(4-2)32(30,31)22-12-8-11-19(17-22)24(29)26-21-15-13-20(14-16-21)25-23(28)18-9-6-5-7-10-18/h5-17H,3-4H2,1-2H3,(H,25,28)(H,26,29). The van der Waals surface area contributed by atoms with Crippen molar-refractivity contribution in [3.8, 4) is 0 Å². The molecule has 0 aliphatic carbocycles. The first kappa shape index (κ1) is 23.2. The van der Waals surface area contributed by atoms with E-state index in [-0.39, 0.29) is 16.4 Å². The van der Waals surface area contributed by atoms with Crippen molar-refractivity contribution in [2.75, 3.05) is 23.7 Å². The van der Waals surface area contributed by atoms with E-state index in [0.717, 1.165) is 0 Å². The summed E-state index contributed by atoms with van der Waals surface area (Å²) in [6, 6.07) is 21.5. The van der Waals surface area contributed by atoms with E-state index in [2.05, 4.69) is 10.6 Å². The highest BCUT2D eigenvalue weighted by Crippen LogP contribution is 2.19. The summed E-state index contributed by atoms with van der Waals surface area (Å²) < 4.78 is 26.8. The van der Waals surface area contributed by atoms with Crippen LogP contribution in [0.5, 0.6) is 0 Å². The molecule has 2 amide bonds. The summed E-state index contributed by atoms with van der Waals surface area (Å²) in [7, 11) is -3.66. The van der Waals surface area contributed by atoms with Gasteiger partial charge in [0.25, 0.3) is 11.8 Å². The molecule has 8 heteroatoms. The molecule has 0 aliphatic heterocycles. The van der Waals surface area contributed by atoms with Crippen LogP contribution in [0, 0.1) is 0 Å². The van der Waals surface area contributed by atoms with Crippen molar-refractivity contribution in [2.45, 2.75) is 18.7 Å². The maximum Gasteiger partial charge on any atom is 0.255 e. The number of anilines is 2. The molecule has 0 atom stereocenters. The number of carbonyl (C=O) groups excluding carboxylic acids is 2. The minimum Gasteiger partial charge on any atom is -0.322 e. The number of hydrogen-bond donors (Lipinski definition) is 2. The summed E-state index contributed by atoms with van der Waals surface area (Å²) in [6.45, 7) is 4.23. The van der Waals surface area contributed by atoms with Gasteiger partial charge in [0.15, 0.2) is 0 Å². The lowest BCUT2D eigenvalue weighted by Gasteiger charge is -2.18. The number of carbonyl (C=O) groups is 2. The number of rotatable bonds is 8. The first-order valence-electron chi connectivity index (χ1n) is 10.2. The van der Waals surface area contributed by atoms with E-state index in [9.17, 15) is 18.0 Å². The van der Waals surface area contributed by atoms with E-state index in [0.29, 0.717) is 30.0 Å². The Labute approximate surface area is 188 Å². The van der Waals surface area contributed by atoms with Crippen molar-refractivity contribution in [1.82, 2.24) is 4.31 Å². The highest BCUT2D eigenvalue weighted by Gasteiger charge is 2.22. The van der Waals surface area contributed by atoms with Gasteiger partial charge in [0.2, 0.25) is 10.0 Å². The Morgan fingerprint density at radius 2 is 1.22 bits per heavy atom. The Kier molecular flexibility index (Phi) is 7.40. The Hall–Kier alpha value is -3.49. The topological polar surface area (TPSA) is 95.6 Å². The van der Waals surface area contributed by atoms with Crippen LogP contribution in [0.4, 0.5) is 11.4 Å². The van der Waals surface area contributed by atoms with Gasteiger partial charge < -0.3 is 10.6 Å². The molecule has 0 spiro atoms. The molecule has 0 heterocycles. The molecule has 3 aromatic rings. The van der Waals surface area contributed by atoms with Gasteiger partial charge in [-0.15, -0.1) is 0 Å². The number of nitrogens with zero attached hydrogens (tertiary/aromatic N) is 1. The Bertz CT molecular complexity index is 1190. The number of hydrogen-bond acceptors (Lipinski definition) is 4. The molecular weight excluding hydrogens is 426 g/mol. The zero-order valence-corrected chi connectivity index (χ0v) is 18.7. The lowest BCUT2D eigenvalue weighted by Crippen LogP contribution is -2.30. The van der Waals surface area contributed by atoms with E-state index in [4.69, 9.17) is 0 Å². The van der Waals surface area contributed by atoms with Gasteiger partial charge in [-0.2, -0.15) is 4.31 Å². The lowest BCUT2D eigenvalue weighted by atomic mass is 10.2. The van der Waals surface area contributed by atoms with Crippen LogP contribution in [0.15, 0.2) is 83.8 Å². The van der Waals surface area contributed by atoms with Crippen LogP contribution in [0.1, 0.15) is 34.6 Å². The summed E-state index contributed by atoms with van der Waals surface area (Å²) in [5.41, 5.74) is 1.89. The van der Waals surface area contributed by atoms with Crippen LogP contribution in [0.25, 0.3) is 0 Å². The van der Waals surface area contributed by atoms with Crippen molar-refractivity contribution in [1.29, 1.82) is 0 Å². The van der Waals surface area contributed by atoms with Crippen LogP contribution in [-0.4, -0.2) is 37.6 Å². The molecule has 0 saturated heterocycles. The van der Waals surface area contributed by atoms with Crippen molar-refractivity contribution in [2.24, 2.45) is 0 Å². The Morgan fingerprint density at radius 3 is 1.75 bits per heavy atom. The molecule has 0 fully saturated rings. The Balaban J connectivity index is 1.69. The largest absolute Gasteiger partial charge is 0.322 e. The van der Waals surface area contributed by atoms with Gasteiger partial charge in [0.1, 0.15) is 0 Å². The number of nitrogens with one attached hydrogen (secondary N) is 2. The fraction of sp³-hybridized carbons (Fsp3) is 0.167. The zero-order valence-electron chi connectivity index (χ0n) is 17.9. The molecule has 0 aromatic heterocycles. The molecule has 166 valence electrons. The maximum atomic E-state index is 12.7. The molecule has 0 aliphatic rings. The van der Waals surface area contributed by atoms with Crippen LogP contribution in [-0.2, 0) is 10.0 Å². The summed E-state index contributed by atoms with van der Waals surface area (Å²) in [4.78, 5) is 25.0. The van der Waals surface area contributed by atoms with Crippen molar-refractivity contribution in [3.05, 3.63) is 90.0 Å². The fourth-order valence-electron chi connectivity index (χ4n) is 3.14. The summed E-state index contributed by atoms with van der Waals surface area (Å²) in [6.07, 6.45) is 0. The van der Waals surface area contributed by atoms with Gasteiger partial charge in [-0.05, 0) is 54.6 Å². The summed E-state index contributed by atoms with van der Waals surface area (Å²) in [5.74, 6) is -0.656. The van der Waals surface area contributed by atoms with Crippen molar-refractivity contribution >= 4 is 33.2 Å². The molecule has 3 aromatic carbocycles. The van der Waals surface area contributed by atoms with Gasteiger partial charge in [-0.1, -0.05) is 38.1 Å². The van der Waals surface area contributed by atoms with Gasteiger partial charge in [-0.3, -0.25) is 9.59 Å². The molecule has 2 N–H and O–H groups in total. The SMILES string of the molecule is CCN(CC)S(=O)(=O)c1cccc(C(=O)Nc2ccc(NC(=O)c3ccccc3)cc2)c1. The Morgan fingerprint density at radius 1 is 0.719 bits per heavy atom. The van der Waals surface area contributed by atoms with Crippen LogP contribution < -0.4 is 10.6 Å². The molecule has 32 heavy (non-hydrogen) atoms. The molecule has 3 rings (SSSR count). The number of benzene rings is 3. The average Bonchev–Trinajstić information content (AvgIpc) is 2.81. The molecule has 0 unspecified atom stereocenters. The molecule has 0 radical (unpaired) electrons. The first-order chi connectivity index (χ1) is 15.3. The summed E-state index contributed by atoms with van der Waals surface area (Å²) in [5, 5.41) is 5.54. The third-order valence-corrected chi connectivity index (χ3v) is 6.92. The van der Waals surface area contributed by atoms with Gasteiger partial charge in [0, 0.05) is 35.6 Å². The molecule has 0 bridgehead atoms. The van der Waals surface area contributed by atoms with Crippen molar-refractivity contribution in [3.63, 3.8) is 0 Å². The predicted octanol–water partition coefficient (Wildman–Crippen LogP) is 4.22. The summed E-state index contributed by atoms with van der Waals surface area (Å²) >= 11 is 0. The second-order valence-corrected chi connectivity index (χ2v) is 8.91. The molecular formula is C24H25N3O4S. The normalized spacial score (nSPS) is 11.2. The van der Waals surface area contributed by atoms with E-state index < -0.39 is 15.9 Å². The van der Waals surface area contributed by atoms with E-state index in [1.165, 1.54) is 16.4 Å². The van der Waals surface area contributed by atoms with E-state index >= 15 is 0 Å². The average molecular weight is 452 g/mol. The predicted molar refractivity (Wildman–Crippen MR) is 125 cm³/mol. The monoisotopic (exact) mass is 451 g/mol. The highest BCUT2D eigenvalue weighted by molar-refractivity contribution is 7.89. The first-order valence-corrected chi connectivity index (χ1v) is 11.7. The van der Waals surface area contributed by atoms with E-state index in [1.807, 2.05) is 6.07 Å². The number of sulfonamides is 1. The third kappa shape index (κ3) is 5.40. The van der Waals surface area contributed by atoms with Gasteiger partial charge >= 0.3 is 0 Å². The minimum absolute atomic E-state index is 0.0767. The second-order valence-electron chi connectivity index (χ2n) is 6.97. The smallest absolute Gasteiger partial charge is 0.255 e. The molecule has 7 nitrogen and oxygen atoms in total. The van der Waals surface area contributed by atoms with Crippen LogP contribution in [0.3, 0.4) is 0 Å². The van der Waals surface area contributed by atoms with Gasteiger partial charge in [0.05, 0.1) is 4.90 Å².